The van der Waals surface area contributed by atoms with Crippen molar-refractivity contribution < 1.29 is 5.11 Å². The summed E-state index contributed by atoms with van der Waals surface area (Å²) in [5.41, 5.74) is 3.46. The third-order valence-electron chi connectivity index (χ3n) is 3.53. The average molecular weight is 324 g/mol. The second-order valence-electron chi connectivity index (χ2n) is 5.50. The van der Waals surface area contributed by atoms with Gasteiger partial charge in [0.1, 0.15) is 17.4 Å². The predicted molar refractivity (Wildman–Crippen MR) is 94.4 cm³/mol. The van der Waals surface area contributed by atoms with Crippen LogP contribution in [0.25, 0.3) is 11.0 Å². The molecule has 0 bridgehead atoms. The summed E-state index contributed by atoms with van der Waals surface area (Å²) in [6.07, 6.45) is 4.79. The standard InChI is InChI=1S/C17H20N6O/c1-12-5-4-6-13(9-12)22-16-15-14(20-11-21-16)10-19-17(23-15)18-7-2-3-8-24/h4-6,9-11,24H,2-3,7-8H2,1H3,(H,18,19,23)(H,20,21,22). The van der Waals surface area contributed by atoms with E-state index in [9.17, 15) is 0 Å². The molecule has 7 heteroatoms. The van der Waals surface area contributed by atoms with Crippen molar-refractivity contribution in [1.29, 1.82) is 0 Å². The molecule has 0 aliphatic carbocycles. The minimum Gasteiger partial charge on any atom is -0.396 e. The molecule has 7 nitrogen and oxygen atoms in total. The highest BCUT2D eigenvalue weighted by atomic mass is 16.2. The highest BCUT2D eigenvalue weighted by Crippen LogP contribution is 2.22. The van der Waals surface area contributed by atoms with Gasteiger partial charge in [0.05, 0.1) is 6.20 Å². The Balaban J connectivity index is 1.84. The van der Waals surface area contributed by atoms with Crippen molar-refractivity contribution in [2.45, 2.75) is 19.8 Å². The molecular weight excluding hydrogens is 304 g/mol. The van der Waals surface area contributed by atoms with E-state index in [0.717, 1.165) is 18.5 Å². The smallest absolute Gasteiger partial charge is 0.223 e. The number of aromatic nitrogens is 4. The van der Waals surface area contributed by atoms with Crippen LogP contribution < -0.4 is 10.6 Å². The number of unbranched alkanes of at least 4 members (excludes halogenated alkanes) is 1. The van der Waals surface area contributed by atoms with E-state index in [0.29, 0.717) is 29.3 Å². The second kappa shape index (κ2) is 7.65. The molecule has 0 aliphatic heterocycles. The largest absolute Gasteiger partial charge is 0.396 e. The number of fused-ring (bicyclic) bond motifs is 1. The molecule has 3 aromatic rings. The van der Waals surface area contributed by atoms with Crippen LogP contribution in [0.1, 0.15) is 18.4 Å². The first-order chi connectivity index (χ1) is 11.8. The number of hydrogen-bond acceptors (Lipinski definition) is 7. The lowest BCUT2D eigenvalue weighted by Crippen LogP contribution is -2.07. The topological polar surface area (TPSA) is 95.9 Å². The number of hydrogen-bond donors (Lipinski definition) is 3. The molecule has 0 atom stereocenters. The summed E-state index contributed by atoms with van der Waals surface area (Å²) in [5.74, 6) is 1.17. The quantitative estimate of drug-likeness (QED) is 0.575. The lowest BCUT2D eigenvalue weighted by atomic mass is 10.2. The third-order valence-corrected chi connectivity index (χ3v) is 3.53. The van der Waals surface area contributed by atoms with E-state index in [1.165, 1.54) is 11.9 Å². The summed E-state index contributed by atoms with van der Waals surface area (Å²) >= 11 is 0. The van der Waals surface area contributed by atoms with E-state index >= 15 is 0 Å². The van der Waals surface area contributed by atoms with E-state index in [4.69, 9.17) is 5.11 Å². The van der Waals surface area contributed by atoms with Crippen LogP contribution in [0.4, 0.5) is 17.5 Å². The summed E-state index contributed by atoms with van der Waals surface area (Å²) in [6.45, 7) is 2.94. The Morgan fingerprint density at radius 3 is 2.88 bits per heavy atom. The third kappa shape index (κ3) is 3.94. The lowest BCUT2D eigenvalue weighted by Gasteiger charge is -2.09. The fourth-order valence-corrected chi connectivity index (χ4v) is 2.33. The van der Waals surface area contributed by atoms with Gasteiger partial charge in [0.2, 0.25) is 5.95 Å². The number of nitrogens with zero attached hydrogens (tertiary/aromatic N) is 4. The Bertz CT molecular complexity index is 823. The van der Waals surface area contributed by atoms with Gasteiger partial charge in [-0.05, 0) is 37.5 Å². The number of aliphatic hydroxyl groups is 1. The molecule has 0 amide bonds. The maximum atomic E-state index is 8.82. The normalized spacial score (nSPS) is 10.8. The van der Waals surface area contributed by atoms with E-state index in [1.54, 1.807) is 6.20 Å². The van der Waals surface area contributed by atoms with Crippen LogP contribution in [0.5, 0.6) is 0 Å². The molecule has 0 aliphatic rings. The molecule has 0 radical (unpaired) electrons. The Kier molecular flexibility index (Phi) is 5.12. The SMILES string of the molecule is Cc1cccc(Nc2ncnc3cnc(NCCCCO)nc23)c1. The summed E-state index contributed by atoms with van der Waals surface area (Å²) in [6, 6.07) is 8.06. The zero-order chi connectivity index (χ0) is 16.8. The molecule has 3 rings (SSSR count). The molecule has 124 valence electrons. The molecule has 1 aromatic carbocycles. The number of nitrogens with one attached hydrogen (secondary N) is 2. The molecule has 0 saturated heterocycles. The summed E-state index contributed by atoms with van der Waals surface area (Å²) in [5, 5.41) is 15.3. The molecule has 0 unspecified atom stereocenters. The predicted octanol–water partition coefficient (Wildman–Crippen LogP) is 2.66. The van der Waals surface area contributed by atoms with Gasteiger partial charge in [0, 0.05) is 18.8 Å². The molecule has 2 heterocycles. The van der Waals surface area contributed by atoms with Crippen LogP contribution in [-0.4, -0.2) is 38.2 Å². The highest BCUT2D eigenvalue weighted by molar-refractivity contribution is 5.87. The van der Waals surface area contributed by atoms with Gasteiger partial charge in [-0.25, -0.2) is 19.9 Å². The van der Waals surface area contributed by atoms with Gasteiger partial charge in [-0.1, -0.05) is 12.1 Å². The zero-order valence-electron chi connectivity index (χ0n) is 13.5. The number of aliphatic hydroxyl groups excluding tert-OH is 1. The van der Waals surface area contributed by atoms with Crippen LogP contribution in [0, 0.1) is 6.92 Å². The van der Waals surface area contributed by atoms with Crippen molar-refractivity contribution in [2.24, 2.45) is 0 Å². The highest BCUT2D eigenvalue weighted by Gasteiger charge is 2.08. The Morgan fingerprint density at radius 2 is 2.04 bits per heavy atom. The van der Waals surface area contributed by atoms with Crippen LogP contribution >= 0.6 is 0 Å². The minimum absolute atomic E-state index is 0.193. The second-order valence-corrected chi connectivity index (χ2v) is 5.50. The van der Waals surface area contributed by atoms with Gasteiger partial charge in [0.25, 0.3) is 0 Å². The first-order valence-corrected chi connectivity index (χ1v) is 7.92. The van der Waals surface area contributed by atoms with Gasteiger partial charge < -0.3 is 15.7 Å². The van der Waals surface area contributed by atoms with Crippen molar-refractivity contribution in [3.63, 3.8) is 0 Å². The number of anilines is 3. The van der Waals surface area contributed by atoms with Crippen LogP contribution in [0.3, 0.4) is 0 Å². The van der Waals surface area contributed by atoms with Gasteiger partial charge in [0.15, 0.2) is 5.82 Å². The Hall–Kier alpha value is -2.80. The van der Waals surface area contributed by atoms with Crippen molar-refractivity contribution in [1.82, 2.24) is 19.9 Å². The van der Waals surface area contributed by atoms with Crippen molar-refractivity contribution in [2.75, 3.05) is 23.8 Å². The van der Waals surface area contributed by atoms with Crippen LogP contribution in [0.2, 0.25) is 0 Å². The monoisotopic (exact) mass is 324 g/mol. The molecule has 3 N–H and O–H groups in total. The van der Waals surface area contributed by atoms with Crippen LogP contribution in [-0.2, 0) is 0 Å². The van der Waals surface area contributed by atoms with Crippen molar-refractivity contribution in [3.8, 4) is 0 Å². The number of benzene rings is 1. The van der Waals surface area contributed by atoms with Gasteiger partial charge in [-0.15, -0.1) is 0 Å². The molecule has 0 fully saturated rings. The van der Waals surface area contributed by atoms with Gasteiger partial charge in [-0.2, -0.15) is 0 Å². The van der Waals surface area contributed by atoms with Gasteiger partial charge >= 0.3 is 0 Å². The first kappa shape index (κ1) is 16.1. The van der Waals surface area contributed by atoms with E-state index in [2.05, 4.69) is 30.6 Å². The molecular formula is C17H20N6O. The van der Waals surface area contributed by atoms with E-state index in [-0.39, 0.29) is 6.61 Å². The van der Waals surface area contributed by atoms with Crippen molar-refractivity contribution in [3.05, 3.63) is 42.4 Å². The maximum absolute atomic E-state index is 8.82. The summed E-state index contributed by atoms with van der Waals surface area (Å²) in [7, 11) is 0. The molecule has 0 spiro atoms. The Labute approximate surface area is 140 Å². The Morgan fingerprint density at radius 1 is 1.12 bits per heavy atom. The fraction of sp³-hybridized carbons (Fsp3) is 0.294. The summed E-state index contributed by atoms with van der Waals surface area (Å²) in [4.78, 5) is 17.3. The summed E-state index contributed by atoms with van der Waals surface area (Å²) < 4.78 is 0. The molecule has 0 saturated carbocycles. The van der Waals surface area contributed by atoms with E-state index < -0.39 is 0 Å². The number of rotatable bonds is 7. The van der Waals surface area contributed by atoms with Crippen molar-refractivity contribution >= 4 is 28.5 Å². The lowest BCUT2D eigenvalue weighted by molar-refractivity contribution is 0.286. The maximum Gasteiger partial charge on any atom is 0.223 e. The van der Waals surface area contributed by atoms with Gasteiger partial charge in [-0.3, -0.25) is 0 Å². The van der Waals surface area contributed by atoms with E-state index in [1.807, 2.05) is 31.2 Å². The molecule has 2 aromatic heterocycles. The molecule has 24 heavy (non-hydrogen) atoms. The first-order valence-electron chi connectivity index (χ1n) is 7.92. The fourth-order valence-electron chi connectivity index (χ4n) is 2.33. The van der Waals surface area contributed by atoms with Crippen LogP contribution in [0.15, 0.2) is 36.8 Å². The number of aryl methyl sites for hydroxylation is 1. The zero-order valence-corrected chi connectivity index (χ0v) is 13.5. The minimum atomic E-state index is 0.193. The average Bonchev–Trinajstić information content (AvgIpc) is 2.59.